The molecule has 0 fully saturated rings. The van der Waals surface area contributed by atoms with Gasteiger partial charge in [-0.2, -0.15) is 0 Å². The van der Waals surface area contributed by atoms with Crippen molar-refractivity contribution < 1.29 is 13.6 Å². The zero-order valence-corrected chi connectivity index (χ0v) is 17.7. The summed E-state index contributed by atoms with van der Waals surface area (Å²) in [7, 11) is 0. The van der Waals surface area contributed by atoms with Crippen LogP contribution in [-0.2, 0) is 6.54 Å². The summed E-state index contributed by atoms with van der Waals surface area (Å²) in [6.45, 7) is 2.10. The molecule has 0 saturated heterocycles. The topological polar surface area (TPSA) is 46.9 Å². The van der Waals surface area contributed by atoms with Crippen LogP contribution in [0.3, 0.4) is 0 Å². The quantitative estimate of drug-likeness (QED) is 0.412. The van der Waals surface area contributed by atoms with Crippen molar-refractivity contribution in [3.05, 3.63) is 99.8 Å². The third-order valence-electron chi connectivity index (χ3n) is 4.96. The molecule has 0 bridgehead atoms. The van der Waals surface area contributed by atoms with E-state index in [1.807, 2.05) is 31.2 Å². The van der Waals surface area contributed by atoms with Crippen LogP contribution in [0.4, 0.5) is 8.78 Å². The van der Waals surface area contributed by atoms with Crippen LogP contribution >= 0.6 is 15.9 Å². The number of hydrogen-bond donors (Lipinski definition) is 1. The summed E-state index contributed by atoms with van der Waals surface area (Å²) in [5.74, 6) is -1.45. The van der Waals surface area contributed by atoms with Crippen LogP contribution in [0.5, 0.6) is 0 Å². The van der Waals surface area contributed by atoms with Crippen LogP contribution in [0.15, 0.2) is 71.5 Å². The first-order valence-corrected chi connectivity index (χ1v) is 10.1. The molecule has 3 aromatic carbocycles. The Morgan fingerprint density at radius 1 is 1.10 bits per heavy atom. The monoisotopic (exact) mass is 469 g/mol. The maximum Gasteiger partial charge on any atom is 0.251 e. The second-order valence-electron chi connectivity index (χ2n) is 7.06. The molecule has 0 aliphatic heterocycles. The van der Waals surface area contributed by atoms with E-state index >= 15 is 0 Å². The molecule has 0 spiro atoms. The molecule has 4 rings (SSSR count). The number of rotatable bonds is 5. The van der Waals surface area contributed by atoms with E-state index in [0.29, 0.717) is 22.2 Å². The minimum absolute atomic E-state index is 0.167. The Balaban J connectivity index is 1.57. The van der Waals surface area contributed by atoms with Crippen molar-refractivity contribution in [1.82, 2.24) is 14.9 Å². The molecular formula is C23H18BrF2N3O. The summed E-state index contributed by atoms with van der Waals surface area (Å²) in [6, 6.07) is 16.3. The zero-order valence-electron chi connectivity index (χ0n) is 16.1. The van der Waals surface area contributed by atoms with E-state index in [2.05, 4.69) is 26.2 Å². The Morgan fingerprint density at radius 3 is 2.60 bits per heavy atom. The predicted octanol–water partition coefficient (Wildman–Crippen LogP) is 5.62. The SMILES string of the molecule is C[C@@H](NC(=O)c1ccc2ncn(Cc3ccc(F)cc3F)c2c1)c1ccc(Br)cc1. The fourth-order valence-electron chi connectivity index (χ4n) is 3.27. The number of imidazole rings is 1. The lowest BCUT2D eigenvalue weighted by Crippen LogP contribution is -2.26. The van der Waals surface area contributed by atoms with E-state index < -0.39 is 11.6 Å². The largest absolute Gasteiger partial charge is 0.346 e. The van der Waals surface area contributed by atoms with Gasteiger partial charge >= 0.3 is 0 Å². The Morgan fingerprint density at radius 2 is 1.87 bits per heavy atom. The van der Waals surface area contributed by atoms with Crippen LogP contribution in [-0.4, -0.2) is 15.5 Å². The van der Waals surface area contributed by atoms with Crippen LogP contribution in [0, 0.1) is 11.6 Å². The van der Waals surface area contributed by atoms with Crippen molar-refractivity contribution >= 4 is 32.9 Å². The van der Waals surface area contributed by atoms with E-state index in [9.17, 15) is 13.6 Å². The van der Waals surface area contributed by atoms with Gasteiger partial charge in [-0.25, -0.2) is 13.8 Å². The highest BCUT2D eigenvalue weighted by molar-refractivity contribution is 9.10. The van der Waals surface area contributed by atoms with Crippen molar-refractivity contribution in [2.45, 2.75) is 19.5 Å². The molecule has 1 N–H and O–H groups in total. The van der Waals surface area contributed by atoms with Crippen molar-refractivity contribution in [2.24, 2.45) is 0 Å². The molecule has 7 heteroatoms. The number of hydrogen-bond acceptors (Lipinski definition) is 2. The zero-order chi connectivity index (χ0) is 21.3. The number of fused-ring (bicyclic) bond motifs is 1. The molecule has 1 amide bonds. The number of nitrogens with one attached hydrogen (secondary N) is 1. The number of carbonyl (C=O) groups is 1. The first kappa shape index (κ1) is 20.2. The number of halogens is 3. The van der Waals surface area contributed by atoms with Crippen LogP contribution < -0.4 is 5.32 Å². The number of nitrogens with zero attached hydrogens (tertiary/aromatic N) is 2. The molecule has 1 heterocycles. The summed E-state index contributed by atoms with van der Waals surface area (Å²) in [5.41, 5.74) is 3.20. The highest BCUT2D eigenvalue weighted by Crippen LogP contribution is 2.20. The van der Waals surface area contributed by atoms with Gasteiger partial charge in [0.1, 0.15) is 11.6 Å². The number of amides is 1. The van der Waals surface area contributed by atoms with Gasteiger partial charge in [0.2, 0.25) is 0 Å². The predicted molar refractivity (Wildman–Crippen MR) is 115 cm³/mol. The molecule has 30 heavy (non-hydrogen) atoms. The van der Waals surface area contributed by atoms with Crippen molar-refractivity contribution in [1.29, 1.82) is 0 Å². The average Bonchev–Trinajstić information content (AvgIpc) is 3.12. The summed E-state index contributed by atoms with van der Waals surface area (Å²) in [6.07, 6.45) is 1.58. The molecule has 152 valence electrons. The molecule has 1 atom stereocenters. The molecule has 0 radical (unpaired) electrons. The Bertz CT molecular complexity index is 1220. The standard InChI is InChI=1S/C23H18BrF2N3O/c1-14(15-2-6-18(24)7-3-15)28-23(30)16-5-9-21-22(10-16)29(13-27-21)12-17-4-8-19(25)11-20(17)26/h2-11,13-14H,12H2,1H3,(H,28,30)/t14-/m1/s1. The summed E-state index contributed by atoms with van der Waals surface area (Å²) < 4.78 is 29.9. The van der Waals surface area contributed by atoms with Gasteiger partial charge in [-0.15, -0.1) is 0 Å². The van der Waals surface area contributed by atoms with E-state index in [4.69, 9.17) is 0 Å². The third kappa shape index (κ3) is 4.26. The second-order valence-corrected chi connectivity index (χ2v) is 7.97. The fourth-order valence-corrected chi connectivity index (χ4v) is 3.54. The van der Waals surface area contributed by atoms with Crippen molar-refractivity contribution in [2.75, 3.05) is 0 Å². The molecule has 1 aromatic heterocycles. The van der Waals surface area contributed by atoms with Crippen LogP contribution in [0.2, 0.25) is 0 Å². The minimum Gasteiger partial charge on any atom is -0.346 e. The summed E-state index contributed by atoms with van der Waals surface area (Å²) >= 11 is 3.40. The Labute approximate surface area is 180 Å². The maximum absolute atomic E-state index is 14.0. The smallest absolute Gasteiger partial charge is 0.251 e. The summed E-state index contributed by atoms with van der Waals surface area (Å²) in [4.78, 5) is 17.1. The van der Waals surface area contributed by atoms with Gasteiger partial charge in [0.25, 0.3) is 5.91 Å². The number of benzene rings is 3. The molecule has 0 aliphatic rings. The highest BCUT2D eigenvalue weighted by Gasteiger charge is 2.14. The molecule has 0 saturated carbocycles. The minimum atomic E-state index is -0.620. The highest BCUT2D eigenvalue weighted by atomic mass is 79.9. The average molecular weight is 470 g/mol. The molecule has 4 nitrogen and oxygen atoms in total. The van der Waals surface area contributed by atoms with E-state index in [1.54, 1.807) is 29.1 Å². The van der Waals surface area contributed by atoms with Crippen LogP contribution in [0.25, 0.3) is 11.0 Å². The molecule has 0 aliphatic carbocycles. The van der Waals surface area contributed by atoms with Gasteiger partial charge in [-0.3, -0.25) is 4.79 Å². The van der Waals surface area contributed by atoms with Crippen molar-refractivity contribution in [3.63, 3.8) is 0 Å². The van der Waals surface area contributed by atoms with Crippen LogP contribution in [0.1, 0.15) is 34.5 Å². The van der Waals surface area contributed by atoms with Gasteiger partial charge in [-0.05, 0) is 48.9 Å². The van der Waals surface area contributed by atoms with Crippen molar-refractivity contribution in [3.8, 4) is 0 Å². The lowest BCUT2D eigenvalue weighted by Gasteiger charge is -2.15. The number of aromatic nitrogens is 2. The first-order chi connectivity index (χ1) is 14.4. The normalized spacial score (nSPS) is 12.1. The van der Waals surface area contributed by atoms with Gasteiger partial charge in [0, 0.05) is 21.7 Å². The third-order valence-corrected chi connectivity index (χ3v) is 5.49. The van der Waals surface area contributed by atoms with Gasteiger partial charge in [-0.1, -0.05) is 34.1 Å². The van der Waals surface area contributed by atoms with Gasteiger partial charge in [0.15, 0.2) is 0 Å². The van der Waals surface area contributed by atoms with E-state index in [1.165, 1.54) is 12.1 Å². The second kappa shape index (κ2) is 8.36. The summed E-state index contributed by atoms with van der Waals surface area (Å²) in [5, 5.41) is 2.99. The lowest BCUT2D eigenvalue weighted by atomic mass is 10.1. The number of carbonyl (C=O) groups excluding carboxylic acids is 1. The fraction of sp³-hybridized carbons (Fsp3) is 0.130. The maximum atomic E-state index is 14.0. The molecule has 4 aromatic rings. The van der Waals surface area contributed by atoms with E-state index in [-0.39, 0.29) is 18.5 Å². The van der Waals surface area contributed by atoms with E-state index in [0.717, 1.165) is 16.1 Å². The Kier molecular flexibility index (Phi) is 5.63. The molecular weight excluding hydrogens is 452 g/mol. The lowest BCUT2D eigenvalue weighted by molar-refractivity contribution is 0.0940. The molecule has 0 unspecified atom stereocenters. The van der Waals surface area contributed by atoms with Gasteiger partial charge in [0.05, 0.1) is 29.9 Å². The Hall–Kier alpha value is -3.06. The first-order valence-electron chi connectivity index (χ1n) is 9.36. The van der Waals surface area contributed by atoms with Gasteiger partial charge < -0.3 is 9.88 Å².